The largest absolute Gasteiger partial charge is 0.459 e. The lowest BCUT2D eigenvalue weighted by Crippen LogP contribution is -2.56. The molecule has 192 valence electrons. The second-order valence-electron chi connectivity index (χ2n) is 11.5. The molecule has 7 heteroatoms. The zero-order chi connectivity index (χ0) is 25.6. The van der Waals surface area contributed by atoms with E-state index in [1.54, 1.807) is 18.9 Å². The number of rotatable bonds is 4. The molecule has 0 spiro atoms. The molecule has 0 aromatic carbocycles. The van der Waals surface area contributed by atoms with Crippen LogP contribution in [0.4, 0.5) is 0 Å². The van der Waals surface area contributed by atoms with E-state index in [2.05, 4.69) is 20.4 Å². The predicted molar refractivity (Wildman–Crippen MR) is 129 cm³/mol. The number of hydrogen-bond acceptors (Lipinski definition) is 6. The molecule has 0 radical (unpaired) electrons. The average Bonchev–Trinajstić information content (AvgIpc) is 3.08. The lowest BCUT2D eigenvalue weighted by atomic mass is 9.57. The maximum atomic E-state index is 12.3. The summed E-state index contributed by atoms with van der Waals surface area (Å²) in [5.41, 5.74) is -0.628. The van der Waals surface area contributed by atoms with Crippen LogP contribution in [0.1, 0.15) is 80.6 Å². The third-order valence-electron chi connectivity index (χ3n) is 8.68. The fourth-order valence-electron chi connectivity index (χ4n) is 7.14. The maximum Gasteiger partial charge on any atom is 0.303 e. The molecule has 3 aliphatic rings. The second kappa shape index (κ2) is 9.63. The molecule has 7 nitrogen and oxygen atoms in total. The van der Waals surface area contributed by atoms with E-state index in [1.165, 1.54) is 13.8 Å². The van der Waals surface area contributed by atoms with Crippen LogP contribution in [0.5, 0.6) is 0 Å². The molecule has 1 aliphatic carbocycles. The Morgan fingerprint density at radius 3 is 2.12 bits per heavy atom. The number of nitrogens with zero attached hydrogens (tertiary/aromatic N) is 1. The molecule has 1 amide bonds. The van der Waals surface area contributed by atoms with Gasteiger partial charge in [-0.2, -0.15) is 0 Å². The Bertz CT molecular complexity index is 839. The fraction of sp³-hybridized carbons (Fsp3) is 0.815. The summed E-state index contributed by atoms with van der Waals surface area (Å²) in [6.07, 6.45) is 2.85. The van der Waals surface area contributed by atoms with Crippen molar-refractivity contribution < 1.29 is 28.6 Å². The summed E-state index contributed by atoms with van der Waals surface area (Å²) >= 11 is 0. The van der Waals surface area contributed by atoms with Crippen molar-refractivity contribution in [2.24, 2.45) is 23.7 Å². The number of fused-ring (bicyclic) bond motifs is 5. The third kappa shape index (κ3) is 4.91. The van der Waals surface area contributed by atoms with Crippen LogP contribution in [0.25, 0.3) is 0 Å². The number of likely N-dealkylation sites (N-methyl/N-ethyl adjacent to an activating group) is 1. The van der Waals surface area contributed by atoms with Crippen molar-refractivity contribution in [3.8, 4) is 0 Å². The molecule has 2 aliphatic heterocycles. The van der Waals surface area contributed by atoms with Gasteiger partial charge in [0.05, 0.1) is 12.1 Å². The molecule has 0 aromatic heterocycles. The van der Waals surface area contributed by atoms with Gasteiger partial charge in [-0.05, 0) is 57.8 Å². The molecule has 0 aromatic rings. The summed E-state index contributed by atoms with van der Waals surface area (Å²) in [5, 5.41) is 0. The van der Waals surface area contributed by atoms with E-state index in [1.807, 2.05) is 13.8 Å². The highest BCUT2D eigenvalue weighted by molar-refractivity contribution is 5.73. The molecule has 3 rings (SSSR count). The van der Waals surface area contributed by atoms with Gasteiger partial charge in [0.2, 0.25) is 5.91 Å². The molecule has 0 unspecified atom stereocenters. The van der Waals surface area contributed by atoms with Gasteiger partial charge in [-0.15, -0.1) is 0 Å². The fourth-order valence-corrected chi connectivity index (χ4v) is 7.14. The summed E-state index contributed by atoms with van der Waals surface area (Å²) in [5.74, 6) is 0.0868. The van der Waals surface area contributed by atoms with Gasteiger partial charge < -0.3 is 19.1 Å². The monoisotopic (exact) mass is 477 g/mol. The summed E-state index contributed by atoms with van der Waals surface area (Å²) in [4.78, 5) is 38.4. The number of amides is 1. The van der Waals surface area contributed by atoms with Crippen LogP contribution in [0.15, 0.2) is 12.2 Å². The van der Waals surface area contributed by atoms with Gasteiger partial charge in [-0.25, -0.2) is 0 Å². The van der Waals surface area contributed by atoms with Crippen molar-refractivity contribution in [1.82, 2.24) is 4.90 Å². The number of carbonyl (C=O) groups excluding carboxylic acids is 3. The van der Waals surface area contributed by atoms with Gasteiger partial charge in [-0.1, -0.05) is 26.0 Å². The molecular formula is C27H43NO6. The molecule has 8 atom stereocenters. The summed E-state index contributed by atoms with van der Waals surface area (Å²) in [6.45, 7) is 17.3. The Hall–Kier alpha value is -1.89. The van der Waals surface area contributed by atoms with Crippen LogP contribution < -0.4 is 0 Å². The highest BCUT2D eigenvalue weighted by Gasteiger charge is 2.64. The molecule has 2 bridgehead atoms. The highest BCUT2D eigenvalue weighted by atomic mass is 16.6. The van der Waals surface area contributed by atoms with Gasteiger partial charge in [-0.3, -0.25) is 14.4 Å². The van der Waals surface area contributed by atoms with Crippen molar-refractivity contribution in [1.29, 1.82) is 0 Å². The summed E-state index contributed by atoms with van der Waals surface area (Å²) < 4.78 is 18.9. The predicted octanol–water partition coefficient (Wildman–Crippen LogP) is 4.28. The Morgan fingerprint density at radius 1 is 1.03 bits per heavy atom. The lowest BCUT2D eigenvalue weighted by molar-refractivity contribution is -0.181. The van der Waals surface area contributed by atoms with E-state index in [0.29, 0.717) is 31.1 Å². The van der Waals surface area contributed by atoms with Crippen molar-refractivity contribution in [3.63, 3.8) is 0 Å². The van der Waals surface area contributed by atoms with Gasteiger partial charge >= 0.3 is 11.9 Å². The van der Waals surface area contributed by atoms with Crippen LogP contribution in [-0.2, 0) is 28.6 Å². The maximum absolute atomic E-state index is 12.3. The first-order valence-electron chi connectivity index (χ1n) is 12.7. The SMILES string of the molecule is C=C1C[C@@H]2O[C@@H]([C@@H]3[C@H]2[C@@](C)(OC(C)=O)CC[C@H]3C(C)C)[C@@](C)(OC(C)=O)CC[C@H]1N(C)C(C)=O. The van der Waals surface area contributed by atoms with Crippen LogP contribution in [0, 0.1) is 23.7 Å². The van der Waals surface area contributed by atoms with Gasteiger partial charge in [0.25, 0.3) is 0 Å². The van der Waals surface area contributed by atoms with Crippen LogP contribution >= 0.6 is 0 Å². The quantitative estimate of drug-likeness (QED) is 0.444. The number of carbonyl (C=O) groups is 3. The topological polar surface area (TPSA) is 82.1 Å². The van der Waals surface area contributed by atoms with Crippen molar-refractivity contribution >= 4 is 17.8 Å². The first-order chi connectivity index (χ1) is 15.7. The summed E-state index contributed by atoms with van der Waals surface area (Å²) in [7, 11) is 1.79. The molecule has 3 fully saturated rings. The van der Waals surface area contributed by atoms with E-state index in [9.17, 15) is 14.4 Å². The Morgan fingerprint density at radius 2 is 1.59 bits per heavy atom. The molecule has 1 saturated carbocycles. The Balaban J connectivity index is 2.14. The zero-order valence-corrected chi connectivity index (χ0v) is 22.2. The normalized spacial score (nSPS) is 40.0. The van der Waals surface area contributed by atoms with E-state index in [-0.39, 0.29) is 47.9 Å². The van der Waals surface area contributed by atoms with E-state index in [0.717, 1.165) is 18.4 Å². The average molecular weight is 478 g/mol. The first kappa shape index (κ1) is 26.7. The van der Waals surface area contributed by atoms with E-state index >= 15 is 0 Å². The zero-order valence-electron chi connectivity index (χ0n) is 22.2. The minimum Gasteiger partial charge on any atom is -0.459 e. The van der Waals surface area contributed by atoms with Crippen molar-refractivity contribution in [3.05, 3.63) is 12.2 Å². The highest BCUT2D eigenvalue weighted by Crippen LogP contribution is 2.58. The third-order valence-corrected chi connectivity index (χ3v) is 8.68. The Labute approximate surface area is 204 Å². The lowest BCUT2D eigenvalue weighted by Gasteiger charge is -2.51. The summed E-state index contributed by atoms with van der Waals surface area (Å²) in [6, 6.07) is -0.182. The van der Waals surface area contributed by atoms with Gasteiger partial charge in [0.1, 0.15) is 17.3 Å². The molecule has 34 heavy (non-hydrogen) atoms. The second-order valence-corrected chi connectivity index (χ2v) is 11.5. The van der Waals surface area contributed by atoms with E-state index < -0.39 is 11.2 Å². The molecular weight excluding hydrogens is 434 g/mol. The van der Waals surface area contributed by atoms with Crippen LogP contribution in [0.2, 0.25) is 0 Å². The van der Waals surface area contributed by atoms with E-state index in [4.69, 9.17) is 14.2 Å². The van der Waals surface area contributed by atoms with Crippen LogP contribution in [-0.4, -0.2) is 59.2 Å². The number of ether oxygens (including phenoxy) is 3. The Kier molecular flexibility index (Phi) is 7.57. The minimum absolute atomic E-state index is 0.0363. The standard InChI is InChI=1S/C27H43NO6/c1-15(2)20-10-12-26(7,33-18(5)30)24-22-14-16(3)21(28(9)17(4)29)11-13-27(8,34-19(6)31)25(32-22)23(20)24/h15,20-25H,3,10-14H2,1-2,4-9H3/t20-,21+,22-,23-,24-,25-,26-,27-/m0/s1. The number of esters is 2. The molecule has 2 heterocycles. The smallest absolute Gasteiger partial charge is 0.303 e. The van der Waals surface area contributed by atoms with Crippen molar-refractivity contribution in [2.75, 3.05) is 7.05 Å². The van der Waals surface area contributed by atoms with Crippen molar-refractivity contribution in [2.45, 2.75) is 110 Å². The van der Waals surface area contributed by atoms with Crippen LogP contribution in [0.3, 0.4) is 0 Å². The molecule has 2 saturated heterocycles. The minimum atomic E-state index is -0.869. The number of hydrogen-bond donors (Lipinski definition) is 0. The molecule has 0 N–H and O–H groups in total. The van der Waals surface area contributed by atoms with Gasteiger partial charge in [0.15, 0.2) is 0 Å². The van der Waals surface area contributed by atoms with Gasteiger partial charge in [0, 0.05) is 39.7 Å². The first-order valence-corrected chi connectivity index (χ1v) is 12.7.